The molecule has 2 rings (SSSR count). The van der Waals surface area contributed by atoms with E-state index in [1.807, 2.05) is 6.92 Å². The normalized spacial score (nSPS) is 21.4. The van der Waals surface area contributed by atoms with E-state index in [0.29, 0.717) is 11.2 Å². The van der Waals surface area contributed by atoms with Gasteiger partial charge in [-0.25, -0.2) is 9.97 Å². The third kappa shape index (κ3) is 3.07. The molecule has 2 heterocycles. The van der Waals surface area contributed by atoms with Gasteiger partial charge in [0, 0.05) is 36.7 Å². The summed E-state index contributed by atoms with van der Waals surface area (Å²) >= 11 is 6.33. The fourth-order valence-corrected chi connectivity index (χ4v) is 2.71. The van der Waals surface area contributed by atoms with Gasteiger partial charge in [0.25, 0.3) is 0 Å². The van der Waals surface area contributed by atoms with Crippen LogP contribution in [0.5, 0.6) is 0 Å². The molecule has 1 aliphatic rings. The number of hydrogen-bond donors (Lipinski definition) is 0. The maximum absolute atomic E-state index is 6.33. The Bertz CT molecular complexity index is 495. The maximum atomic E-state index is 6.33. The predicted octanol–water partition coefficient (Wildman–Crippen LogP) is 2.88. The molecule has 0 amide bonds. The van der Waals surface area contributed by atoms with Crippen molar-refractivity contribution in [3.8, 4) is 0 Å². The van der Waals surface area contributed by atoms with Crippen molar-refractivity contribution >= 4 is 17.4 Å². The first-order valence-electron chi connectivity index (χ1n) is 7.20. The highest BCUT2D eigenvalue weighted by Crippen LogP contribution is 2.30. The zero-order chi connectivity index (χ0) is 15.1. The van der Waals surface area contributed by atoms with Gasteiger partial charge in [0.1, 0.15) is 16.8 Å². The number of halogens is 1. The minimum Gasteiger partial charge on any atom is -0.351 e. The molecule has 1 atom stereocenters. The molecule has 0 aliphatic carbocycles. The molecule has 1 unspecified atom stereocenters. The minimum absolute atomic E-state index is 0.0953. The molecule has 1 fully saturated rings. The van der Waals surface area contributed by atoms with E-state index in [1.54, 1.807) is 0 Å². The highest BCUT2D eigenvalue weighted by atomic mass is 35.5. The summed E-state index contributed by atoms with van der Waals surface area (Å²) in [6.45, 7) is 13.7. The summed E-state index contributed by atoms with van der Waals surface area (Å²) < 4.78 is 0. The second kappa shape index (κ2) is 5.49. The average Bonchev–Trinajstić information content (AvgIpc) is 2.32. The number of hydrogen-bond acceptors (Lipinski definition) is 4. The van der Waals surface area contributed by atoms with Crippen LogP contribution in [0.3, 0.4) is 0 Å². The summed E-state index contributed by atoms with van der Waals surface area (Å²) in [6, 6.07) is 0.436. The van der Waals surface area contributed by atoms with Crippen LogP contribution in [0.2, 0.25) is 5.15 Å². The SMILES string of the molecule is Cc1c(Cl)nc(C(C)(C)C)nc1N1CCN(C)CC1C. The van der Waals surface area contributed by atoms with Crippen LogP contribution < -0.4 is 4.90 Å². The Balaban J connectivity index is 2.43. The van der Waals surface area contributed by atoms with Crippen LogP contribution in [0.25, 0.3) is 0 Å². The van der Waals surface area contributed by atoms with Gasteiger partial charge in [-0.05, 0) is 20.9 Å². The van der Waals surface area contributed by atoms with Gasteiger partial charge in [-0.3, -0.25) is 0 Å². The molecular weight excluding hydrogens is 272 g/mol. The lowest BCUT2D eigenvalue weighted by Crippen LogP contribution is -2.51. The first-order chi connectivity index (χ1) is 9.20. The predicted molar refractivity (Wildman–Crippen MR) is 84.8 cm³/mol. The van der Waals surface area contributed by atoms with Crippen LogP contribution in [-0.2, 0) is 5.41 Å². The maximum Gasteiger partial charge on any atom is 0.137 e. The highest BCUT2D eigenvalue weighted by molar-refractivity contribution is 6.30. The molecule has 20 heavy (non-hydrogen) atoms. The molecule has 0 spiro atoms. The van der Waals surface area contributed by atoms with Gasteiger partial charge in [0.2, 0.25) is 0 Å². The number of anilines is 1. The Morgan fingerprint density at radius 2 is 1.85 bits per heavy atom. The van der Waals surface area contributed by atoms with E-state index in [2.05, 4.69) is 49.5 Å². The van der Waals surface area contributed by atoms with E-state index < -0.39 is 0 Å². The van der Waals surface area contributed by atoms with Gasteiger partial charge < -0.3 is 9.80 Å². The fourth-order valence-electron chi connectivity index (χ4n) is 2.55. The Morgan fingerprint density at radius 3 is 2.40 bits per heavy atom. The van der Waals surface area contributed by atoms with Crippen LogP contribution in [-0.4, -0.2) is 47.6 Å². The molecule has 0 bridgehead atoms. The highest BCUT2D eigenvalue weighted by Gasteiger charge is 2.27. The van der Waals surface area contributed by atoms with E-state index in [-0.39, 0.29) is 5.41 Å². The van der Waals surface area contributed by atoms with E-state index in [1.165, 1.54) is 0 Å². The van der Waals surface area contributed by atoms with Crippen molar-refractivity contribution in [3.05, 3.63) is 16.5 Å². The van der Waals surface area contributed by atoms with Crippen molar-refractivity contribution in [3.63, 3.8) is 0 Å². The summed E-state index contributed by atoms with van der Waals surface area (Å²) in [7, 11) is 2.16. The molecule has 0 aromatic carbocycles. The molecule has 112 valence electrons. The van der Waals surface area contributed by atoms with Gasteiger partial charge in [-0.15, -0.1) is 0 Å². The summed E-state index contributed by atoms with van der Waals surface area (Å²) in [6.07, 6.45) is 0. The van der Waals surface area contributed by atoms with E-state index in [9.17, 15) is 0 Å². The van der Waals surface area contributed by atoms with Crippen LogP contribution in [0, 0.1) is 6.92 Å². The average molecular weight is 297 g/mol. The Hall–Kier alpha value is -0.870. The summed E-state index contributed by atoms with van der Waals surface area (Å²) in [5.41, 5.74) is 0.887. The van der Waals surface area contributed by atoms with Crippen LogP contribution in [0.15, 0.2) is 0 Å². The van der Waals surface area contributed by atoms with Crippen molar-refractivity contribution in [2.45, 2.75) is 46.1 Å². The van der Waals surface area contributed by atoms with Crippen LogP contribution >= 0.6 is 11.6 Å². The summed E-state index contributed by atoms with van der Waals surface area (Å²) in [5, 5.41) is 0.575. The number of rotatable bonds is 1. The molecule has 1 aromatic heterocycles. The van der Waals surface area contributed by atoms with Gasteiger partial charge in [-0.2, -0.15) is 0 Å². The van der Waals surface area contributed by atoms with Crippen LogP contribution in [0.4, 0.5) is 5.82 Å². The van der Waals surface area contributed by atoms with Gasteiger partial charge in [0.05, 0.1) is 0 Å². The second-order valence-electron chi connectivity index (χ2n) is 6.84. The quantitative estimate of drug-likeness (QED) is 0.746. The molecule has 5 heteroatoms. The number of aromatic nitrogens is 2. The number of likely N-dealkylation sites (N-methyl/N-ethyl adjacent to an activating group) is 1. The Kier molecular flexibility index (Phi) is 4.26. The van der Waals surface area contributed by atoms with E-state index in [4.69, 9.17) is 16.6 Å². The molecule has 1 saturated heterocycles. The van der Waals surface area contributed by atoms with Crippen molar-refractivity contribution in [2.24, 2.45) is 0 Å². The third-order valence-corrected chi connectivity index (χ3v) is 4.20. The smallest absolute Gasteiger partial charge is 0.137 e. The molecule has 0 radical (unpaired) electrons. The van der Waals surface area contributed by atoms with Gasteiger partial charge >= 0.3 is 0 Å². The standard InChI is InChI=1S/C15H25ClN4/c1-10-9-19(6)7-8-20(10)13-11(2)12(16)17-14(18-13)15(3,4)5/h10H,7-9H2,1-6H3. The third-order valence-electron chi connectivity index (χ3n) is 3.83. The van der Waals surface area contributed by atoms with Crippen molar-refractivity contribution < 1.29 is 0 Å². The van der Waals surface area contributed by atoms with Crippen LogP contribution in [0.1, 0.15) is 39.1 Å². The lowest BCUT2D eigenvalue weighted by molar-refractivity contribution is 0.274. The van der Waals surface area contributed by atoms with E-state index in [0.717, 1.165) is 36.8 Å². The fraction of sp³-hybridized carbons (Fsp3) is 0.733. The lowest BCUT2D eigenvalue weighted by Gasteiger charge is -2.40. The summed E-state index contributed by atoms with van der Waals surface area (Å²) in [4.78, 5) is 14.0. The van der Waals surface area contributed by atoms with Crippen molar-refractivity contribution in [1.82, 2.24) is 14.9 Å². The monoisotopic (exact) mass is 296 g/mol. The molecule has 1 aliphatic heterocycles. The molecule has 1 aromatic rings. The lowest BCUT2D eigenvalue weighted by atomic mass is 9.95. The zero-order valence-corrected chi connectivity index (χ0v) is 14.1. The van der Waals surface area contributed by atoms with E-state index >= 15 is 0 Å². The largest absolute Gasteiger partial charge is 0.351 e. The molecule has 0 N–H and O–H groups in total. The zero-order valence-electron chi connectivity index (χ0n) is 13.4. The van der Waals surface area contributed by atoms with Gasteiger partial charge in [0.15, 0.2) is 0 Å². The minimum atomic E-state index is -0.0953. The second-order valence-corrected chi connectivity index (χ2v) is 7.20. The first-order valence-corrected chi connectivity index (χ1v) is 7.57. The van der Waals surface area contributed by atoms with Gasteiger partial charge in [-0.1, -0.05) is 32.4 Å². The first kappa shape index (κ1) is 15.5. The molecule has 0 saturated carbocycles. The Labute approximate surface area is 127 Å². The topological polar surface area (TPSA) is 32.3 Å². The number of piperazine rings is 1. The van der Waals surface area contributed by atoms with Crippen molar-refractivity contribution in [1.29, 1.82) is 0 Å². The summed E-state index contributed by atoms with van der Waals surface area (Å²) in [5.74, 6) is 1.81. The molecule has 4 nitrogen and oxygen atoms in total. The van der Waals surface area contributed by atoms with Crippen molar-refractivity contribution in [2.75, 3.05) is 31.6 Å². The molecular formula is C15H25ClN4. The number of nitrogens with zero attached hydrogens (tertiary/aromatic N) is 4. The Morgan fingerprint density at radius 1 is 1.20 bits per heavy atom.